The first-order chi connectivity index (χ1) is 12.8. The molecular weight excluding hydrogens is 374 g/mol. The molecule has 3 rings (SSSR count). The highest BCUT2D eigenvalue weighted by Gasteiger charge is 2.18. The third-order valence-electron chi connectivity index (χ3n) is 3.59. The van der Waals surface area contributed by atoms with Gasteiger partial charge in [0.1, 0.15) is 11.6 Å². The van der Waals surface area contributed by atoms with Gasteiger partial charge in [-0.1, -0.05) is 30.3 Å². The number of sulfonamides is 1. The molecule has 8 heteroatoms. The monoisotopic (exact) mass is 388 g/mol. The Bertz CT molecular complexity index is 1070. The van der Waals surface area contributed by atoms with E-state index in [1.807, 2.05) is 0 Å². The molecule has 0 heterocycles. The van der Waals surface area contributed by atoms with Crippen LogP contribution in [0.15, 0.2) is 77.7 Å². The number of benzene rings is 3. The zero-order valence-electron chi connectivity index (χ0n) is 13.8. The number of rotatable bonds is 5. The number of para-hydroxylation sites is 1. The van der Waals surface area contributed by atoms with Gasteiger partial charge in [-0.15, -0.1) is 0 Å². The zero-order chi connectivity index (χ0) is 19.4. The van der Waals surface area contributed by atoms with E-state index in [9.17, 15) is 22.0 Å². The average molecular weight is 388 g/mol. The lowest BCUT2D eigenvalue weighted by Crippen LogP contribution is -2.18. The van der Waals surface area contributed by atoms with E-state index >= 15 is 0 Å². The van der Waals surface area contributed by atoms with Crippen molar-refractivity contribution < 1.29 is 22.0 Å². The second-order valence-electron chi connectivity index (χ2n) is 5.58. The summed E-state index contributed by atoms with van der Waals surface area (Å²) in [4.78, 5) is 12.5. The van der Waals surface area contributed by atoms with Gasteiger partial charge in [-0.2, -0.15) is 0 Å². The summed E-state index contributed by atoms with van der Waals surface area (Å²) in [6.07, 6.45) is 0. The lowest BCUT2D eigenvalue weighted by Gasteiger charge is -2.13. The molecule has 0 aromatic heterocycles. The lowest BCUT2D eigenvalue weighted by molar-refractivity contribution is 0.102. The molecule has 0 atom stereocenters. The number of carbonyl (C=O) groups is 1. The Morgan fingerprint density at radius 1 is 0.815 bits per heavy atom. The Labute approximate surface area is 154 Å². The van der Waals surface area contributed by atoms with E-state index in [1.165, 1.54) is 24.3 Å². The molecule has 0 aliphatic carbocycles. The van der Waals surface area contributed by atoms with Crippen molar-refractivity contribution in [3.63, 3.8) is 0 Å². The number of nitrogens with one attached hydrogen (secondary N) is 2. The molecule has 3 aromatic carbocycles. The summed E-state index contributed by atoms with van der Waals surface area (Å²) in [6.45, 7) is 0. The largest absolute Gasteiger partial charge is 0.322 e. The third kappa shape index (κ3) is 4.48. The summed E-state index contributed by atoms with van der Waals surface area (Å²) >= 11 is 0. The Morgan fingerprint density at radius 3 is 2.07 bits per heavy atom. The maximum Gasteiger partial charge on any atom is 0.261 e. The van der Waals surface area contributed by atoms with E-state index in [4.69, 9.17) is 0 Å². The fourth-order valence-electron chi connectivity index (χ4n) is 2.40. The zero-order valence-corrected chi connectivity index (χ0v) is 14.6. The standard InChI is InChI=1S/C19H14F2N2O3S/c20-13-10-14(21)12-15(11-13)22-19(24)17-8-4-5-9-18(17)23-27(25,26)16-6-2-1-3-7-16/h1-12,23H,(H,22,24). The topological polar surface area (TPSA) is 75.3 Å². The lowest BCUT2D eigenvalue weighted by atomic mass is 10.1. The van der Waals surface area contributed by atoms with E-state index in [1.54, 1.807) is 30.3 Å². The summed E-state index contributed by atoms with van der Waals surface area (Å²) in [5.41, 5.74) is -0.0457. The van der Waals surface area contributed by atoms with Gasteiger partial charge in [0.15, 0.2) is 0 Å². The predicted octanol–water partition coefficient (Wildman–Crippen LogP) is 4.02. The molecule has 27 heavy (non-hydrogen) atoms. The van der Waals surface area contributed by atoms with Crippen molar-refractivity contribution >= 4 is 27.3 Å². The summed E-state index contributed by atoms with van der Waals surface area (Å²) < 4.78 is 53.9. The molecule has 5 nitrogen and oxygen atoms in total. The van der Waals surface area contributed by atoms with Gasteiger partial charge < -0.3 is 5.32 Å². The van der Waals surface area contributed by atoms with Gasteiger partial charge in [0.25, 0.3) is 15.9 Å². The molecule has 0 aliphatic heterocycles. The quantitative estimate of drug-likeness (QED) is 0.693. The van der Waals surface area contributed by atoms with Crippen LogP contribution in [0.5, 0.6) is 0 Å². The molecule has 0 unspecified atom stereocenters. The summed E-state index contributed by atoms with van der Waals surface area (Å²) in [7, 11) is -3.91. The Balaban J connectivity index is 1.88. The van der Waals surface area contributed by atoms with Gasteiger partial charge in [0.05, 0.1) is 16.1 Å². The fraction of sp³-hybridized carbons (Fsp3) is 0. The maximum absolute atomic E-state index is 13.3. The average Bonchev–Trinajstić information content (AvgIpc) is 2.61. The van der Waals surface area contributed by atoms with Gasteiger partial charge in [-0.3, -0.25) is 9.52 Å². The molecular formula is C19H14F2N2O3S. The van der Waals surface area contributed by atoms with Crippen LogP contribution in [-0.4, -0.2) is 14.3 Å². The van der Waals surface area contributed by atoms with Gasteiger partial charge in [-0.05, 0) is 36.4 Å². The molecule has 0 saturated carbocycles. The Morgan fingerprint density at radius 2 is 1.41 bits per heavy atom. The number of amides is 1. The van der Waals surface area contributed by atoms with Crippen molar-refractivity contribution in [3.8, 4) is 0 Å². The number of halogens is 2. The minimum Gasteiger partial charge on any atom is -0.322 e. The van der Waals surface area contributed by atoms with Crippen LogP contribution >= 0.6 is 0 Å². The maximum atomic E-state index is 13.3. The van der Waals surface area contributed by atoms with E-state index in [0.717, 1.165) is 12.1 Å². The molecule has 0 spiro atoms. The minimum atomic E-state index is -3.91. The van der Waals surface area contributed by atoms with Gasteiger partial charge in [0.2, 0.25) is 0 Å². The molecule has 2 N–H and O–H groups in total. The molecule has 138 valence electrons. The van der Waals surface area contributed by atoms with Gasteiger partial charge in [-0.25, -0.2) is 17.2 Å². The van der Waals surface area contributed by atoms with E-state index < -0.39 is 27.6 Å². The highest BCUT2D eigenvalue weighted by molar-refractivity contribution is 7.92. The SMILES string of the molecule is O=C(Nc1cc(F)cc(F)c1)c1ccccc1NS(=O)(=O)c1ccccc1. The Hall–Kier alpha value is -3.26. The summed E-state index contributed by atoms with van der Waals surface area (Å²) in [6, 6.07) is 16.2. The van der Waals surface area contributed by atoms with Crippen LogP contribution in [0.25, 0.3) is 0 Å². The van der Waals surface area contributed by atoms with E-state index in [2.05, 4.69) is 10.0 Å². The van der Waals surface area contributed by atoms with Crippen LogP contribution in [0.4, 0.5) is 20.2 Å². The number of anilines is 2. The van der Waals surface area contributed by atoms with Crippen LogP contribution in [0, 0.1) is 11.6 Å². The van der Waals surface area contributed by atoms with Crippen LogP contribution in [0.1, 0.15) is 10.4 Å². The fourth-order valence-corrected chi connectivity index (χ4v) is 3.50. The highest BCUT2D eigenvalue weighted by atomic mass is 32.2. The summed E-state index contributed by atoms with van der Waals surface area (Å²) in [5, 5.41) is 2.35. The van der Waals surface area contributed by atoms with Crippen molar-refractivity contribution in [2.24, 2.45) is 0 Å². The molecule has 0 saturated heterocycles. The summed E-state index contributed by atoms with van der Waals surface area (Å²) in [5.74, 6) is -2.40. The first-order valence-corrected chi connectivity index (χ1v) is 9.28. The normalized spacial score (nSPS) is 11.0. The highest BCUT2D eigenvalue weighted by Crippen LogP contribution is 2.22. The second-order valence-corrected chi connectivity index (χ2v) is 7.26. The molecule has 3 aromatic rings. The first kappa shape index (κ1) is 18.5. The smallest absolute Gasteiger partial charge is 0.261 e. The van der Waals surface area contributed by atoms with E-state index in [0.29, 0.717) is 6.07 Å². The van der Waals surface area contributed by atoms with E-state index in [-0.39, 0.29) is 21.8 Å². The van der Waals surface area contributed by atoms with Crippen molar-refractivity contribution in [1.29, 1.82) is 0 Å². The molecule has 0 aliphatic rings. The minimum absolute atomic E-state index is 0.00155. The molecule has 0 radical (unpaired) electrons. The van der Waals surface area contributed by atoms with Crippen molar-refractivity contribution in [2.75, 3.05) is 10.0 Å². The van der Waals surface area contributed by atoms with Crippen LogP contribution in [0.2, 0.25) is 0 Å². The van der Waals surface area contributed by atoms with Gasteiger partial charge >= 0.3 is 0 Å². The van der Waals surface area contributed by atoms with Gasteiger partial charge in [0, 0.05) is 11.8 Å². The third-order valence-corrected chi connectivity index (χ3v) is 4.97. The van der Waals surface area contributed by atoms with Crippen molar-refractivity contribution in [2.45, 2.75) is 4.90 Å². The molecule has 0 bridgehead atoms. The number of hydrogen-bond acceptors (Lipinski definition) is 3. The van der Waals surface area contributed by atoms with Crippen molar-refractivity contribution in [3.05, 3.63) is 90.0 Å². The first-order valence-electron chi connectivity index (χ1n) is 7.79. The van der Waals surface area contributed by atoms with Crippen LogP contribution < -0.4 is 10.0 Å². The van der Waals surface area contributed by atoms with Crippen LogP contribution in [0.3, 0.4) is 0 Å². The number of carbonyl (C=O) groups excluding carboxylic acids is 1. The predicted molar refractivity (Wildman–Crippen MR) is 98.0 cm³/mol. The molecule has 0 fully saturated rings. The van der Waals surface area contributed by atoms with Crippen LogP contribution in [-0.2, 0) is 10.0 Å². The van der Waals surface area contributed by atoms with Crippen molar-refractivity contribution in [1.82, 2.24) is 0 Å². The molecule has 1 amide bonds. The number of hydrogen-bond donors (Lipinski definition) is 2. The second kappa shape index (κ2) is 7.55. The Kier molecular flexibility index (Phi) is 5.18.